The van der Waals surface area contributed by atoms with E-state index in [9.17, 15) is 14.4 Å². The maximum atomic E-state index is 13.8. The van der Waals surface area contributed by atoms with E-state index >= 15 is 0 Å². The lowest BCUT2D eigenvalue weighted by molar-refractivity contribution is -0.123. The number of anilines is 2. The van der Waals surface area contributed by atoms with E-state index in [0.717, 1.165) is 49.0 Å². The number of nitrogens with zero attached hydrogens (tertiary/aromatic N) is 3. The van der Waals surface area contributed by atoms with E-state index in [-0.39, 0.29) is 17.7 Å². The molecule has 5 rings (SSSR count). The number of aromatic nitrogens is 2. The van der Waals surface area contributed by atoms with Gasteiger partial charge in [0.15, 0.2) is 0 Å². The molecule has 2 aliphatic rings. The largest absolute Gasteiger partial charge is 0.465 e. The van der Waals surface area contributed by atoms with Crippen molar-refractivity contribution < 1.29 is 19.1 Å². The summed E-state index contributed by atoms with van der Waals surface area (Å²) >= 11 is 1.34. The Labute approximate surface area is 227 Å². The van der Waals surface area contributed by atoms with Crippen molar-refractivity contribution in [2.24, 2.45) is 24.8 Å². The van der Waals surface area contributed by atoms with E-state index in [1.165, 1.54) is 18.4 Å². The summed E-state index contributed by atoms with van der Waals surface area (Å²) < 4.78 is 6.84. The average molecular weight is 535 g/mol. The number of carbonyl (C=O) groups is 3. The fraction of sp³-hybridized carbons (Fsp3) is 0.448. The van der Waals surface area contributed by atoms with Crippen LogP contribution in [0, 0.1) is 17.8 Å². The smallest absolute Gasteiger partial charge is 0.350 e. The van der Waals surface area contributed by atoms with Crippen molar-refractivity contribution in [1.29, 1.82) is 0 Å². The lowest BCUT2D eigenvalue weighted by Gasteiger charge is -2.31. The molecule has 0 radical (unpaired) electrons. The highest BCUT2D eigenvalue weighted by Crippen LogP contribution is 2.41. The number of rotatable bonds is 8. The number of methoxy groups -OCH3 is 1. The van der Waals surface area contributed by atoms with E-state index in [0.29, 0.717) is 40.3 Å². The average Bonchev–Trinajstić information content (AvgIpc) is 3.46. The monoisotopic (exact) mass is 534 g/mol. The fourth-order valence-electron chi connectivity index (χ4n) is 5.00. The molecule has 2 saturated carbocycles. The third-order valence-electron chi connectivity index (χ3n) is 7.51. The van der Waals surface area contributed by atoms with Crippen LogP contribution < -0.4 is 10.2 Å². The SMILES string of the molecule is COC(=O)c1sc(-c2ccc(NC(=O)c3cn(C)cn3)cc2)cc1N(CC1CC1)C(=O)C1CCC(C)CC1. The second kappa shape index (κ2) is 11.1. The predicted octanol–water partition coefficient (Wildman–Crippen LogP) is 5.76. The van der Waals surface area contributed by atoms with Crippen molar-refractivity contribution in [3.8, 4) is 10.4 Å². The van der Waals surface area contributed by atoms with Crippen LogP contribution in [0.1, 0.15) is 65.6 Å². The van der Waals surface area contributed by atoms with Crippen LogP contribution in [0.4, 0.5) is 11.4 Å². The zero-order valence-electron chi connectivity index (χ0n) is 22.1. The molecular formula is C29H34N4O4S. The highest BCUT2D eigenvalue weighted by molar-refractivity contribution is 7.18. The van der Waals surface area contributed by atoms with Gasteiger partial charge in [-0.2, -0.15) is 0 Å². The lowest BCUT2D eigenvalue weighted by atomic mass is 9.82. The molecule has 38 heavy (non-hydrogen) atoms. The van der Waals surface area contributed by atoms with Crippen molar-refractivity contribution in [1.82, 2.24) is 9.55 Å². The minimum atomic E-state index is -0.429. The summed E-state index contributed by atoms with van der Waals surface area (Å²) in [5.41, 5.74) is 2.54. The predicted molar refractivity (Wildman–Crippen MR) is 148 cm³/mol. The second-order valence-electron chi connectivity index (χ2n) is 10.6. The van der Waals surface area contributed by atoms with Gasteiger partial charge in [-0.1, -0.05) is 19.1 Å². The molecule has 0 unspecified atom stereocenters. The van der Waals surface area contributed by atoms with Crippen molar-refractivity contribution in [3.05, 3.63) is 53.4 Å². The standard InChI is InChI=1S/C29H34N4O4S/c1-18-4-8-21(9-5-18)28(35)33(15-19-6-7-19)24-14-25(38-26(24)29(36)37-3)20-10-12-22(13-11-20)31-27(34)23-16-32(2)17-30-23/h10-14,16-19,21H,4-9,15H2,1-3H3,(H,31,34). The van der Waals surface area contributed by atoms with Gasteiger partial charge < -0.3 is 19.5 Å². The molecular weight excluding hydrogens is 500 g/mol. The maximum absolute atomic E-state index is 13.8. The van der Waals surface area contributed by atoms with Gasteiger partial charge in [-0.25, -0.2) is 9.78 Å². The van der Waals surface area contributed by atoms with Crippen LogP contribution in [-0.4, -0.2) is 41.0 Å². The summed E-state index contributed by atoms with van der Waals surface area (Å²) in [6, 6.07) is 9.40. The summed E-state index contributed by atoms with van der Waals surface area (Å²) in [5.74, 6) is 0.562. The number of amides is 2. The molecule has 2 aliphatic carbocycles. The minimum Gasteiger partial charge on any atom is -0.465 e. The first-order chi connectivity index (χ1) is 18.3. The van der Waals surface area contributed by atoms with E-state index < -0.39 is 5.97 Å². The van der Waals surface area contributed by atoms with Gasteiger partial charge >= 0.3 is 5.97 Å². The second-order valence-corrected chi connectivity index (χ2v) is 11.7. The molecule has 0 bridgehead atoms. The first-order valence-corrected chi connectivity index (χ1v) is 14.1. The molecule has 0 spiro atoms. The Kier molecular flexibility index (Phi) is 7.65. The van der Waals surface area contributed by atoms with Gasteiger partial charge in [0.05, 0.1) is 19.1 Å². The van der Waals surface area contributed by atoms with Gasteiger partial charge in [0, 0.05) is 36.3 Å². The van der Waals surface area contributed by atoms with Gasteiger partial charge in [0.25, 0.3) is 5.91 Å². The third-order valence-corrected chi connectivity index (χ3v) is 8.66. The molecule has 2 heterocycles. The molecule has 2 fully saturated rings. The molecule has 0 saturated heterocycles. The summed E-state index contributed by atoms with van der Waals surface area (Å²) in [5, 5.41) is 2.86. The summed E-state index contributed by atoms with van der Waals surface area (Å²) in [4.78, 5) is 46.3. The van der Waals surface area contributed by atoms with E-state index in [2.05, 4.69) is 17.2 Å². The Hall–Kier alpha value is -3.46. The maximum Gasteiger partial charge on any atom is 0.350 e. The summed E-state index contributed by atoms with van der Waals surface area (Å²) in [7, 11) is 3.19. The molecule has 9 heteroatoms. The Morgan fingerprint density at radius 1 is 1.11 bits per heavy atom. The van der Waals surface area contributed by atoms with Crippen LogP contribution in [0.3, 0.4) is 0 Å². The Bertz CT molecular complexity index is 1320. The number of hydrogen-bond donors (Lipinski definition) is 1. The van der Waals surface area contributed by atoms with Crippen LogP contribution in [0.25, 0.3) is 10.4 Å². The summed E-state index contributed by atoms with van der Waals surface area (Å²) in [6.07, 6.45) is 9.40. The third kappa shape index (κ3) is 5.83. The van der Waals surface area contributed by atoms with Gasteiger partial charge in [-0.3, -0.25) is 9.59 Å². The van der Waals surface area contributed by atoms with Crippen molar-refractivity contribution in [2.45, 2.75) is 45.4 Å². The van der Waals surface area contributed by atoms with Crippen LogP contribution >= 0.6 is 11.3 Å². The quantitative estimate of drug-likeness (QED) is 0.371. The Morgan fingerprint density at radius 3 is 2.42 bits per heavy atom. The number of carbonyl (C=O) groups excluding carboxylic acids is 3. The van der Waals surface area contributed by atoms with Gasteiger partial charge in [-0.05, 0) is 74.1 Å². The normalized spacial score (nSPS) is 19.1. The molecule has 0 atom stereocenters. The molecule has 200 valence electrons. The van der Waals surface area contributed by atoms with Crippen LogP contribution in [0.15, 0.2) is 42.9 Å². The van der Waals surface area contributed by atoms with Crippen molar-refractivity contribution in [2.75, 3.05) is 23.9 Å². The number of imidazole rings is 1. The molecule has 2 amide bonds. The number of aryl methyl sites for hydroxylation is 1. The van der Waals surface area contributed by atoms with Gasteiger partial charge in [-0.15, -0.1) is 11.3 Å². The Morgan fingerprint density at radius 2 is 1.82 bits per heavy atom. The number of ether oxygens (including phenoxy) is 1. The molecule has 2 aromatic heterocycles. The highest BCUT2D eigenvalue weighted by atomic mass is 32.1. The number of thiophene rings is 1. The number of esters is 1. The highest BCUT2D eigenvalue weighted by Gasteiger charge is 2.35. The van der Waals surface area contributed by atoms with E-state index in [1.54, 1.807) is 17.1 Å². The first-order valence-electron chi connectivity index (χ1n) is 13.3. The van der Waals surface area contributed by atoms with Gasteiger partial charge in [0.1, 0.15) is 10.6 Å². The number of hydrogen-bond acceptors (Lipinski definition) is 6. The van der Waals surface area contributed by atoms with Crippen LogP contribution in [0.5, 0.6) is 0 Å². The van der Waals surface area contributed by atoms with Crippen LogP contribution in [-0.2, 0) is 16.6 Å². The molecule has 0 aliphatic heterocycles. The van der Waals surface area contributed by atoms with Gasteiger partial charge in [0.2, 0.25) is 5.91 Å². The zero-order valence-corrected chi connectivity index (χ0v) is 22.9. The molecule has 8 nitrogen and oxygen atoms in total. The number of nitrogens with one attached hydrogen (secondary N) is 1. The fourth-order valence-corrected chi connectivity index (χ4v) is 6.08. The Balaban J connectivity index is 1.40. The zero-order chi connectivity index (χ0) is 26.8. The van der Waals surface area contributed by atoms with E-state index in [1.807, 2.05) is 42.3 Å². The van der Waals surface area contributed by atoms with Crippen molar-refractivity contribution >= 4 is 40.5 Å². The number of benzene rings is 1. The molecule has 3 aromatic rings. The summed E-state index contributed by atoms with van der Waals surface area (Å²) in [6.45, 7) is 2.89. The van der Waals surface area contributed by atoms with Crippen molar-refractivity contribution in [3.63, 3.8) is 0 Å². The van der Waals surface area contributed by atoms with Crippen LogP contribution in [0.2, 0.25) is 0 Å². The molecule has 1 N–H and O–H groups in total. The topological polar surface area (TPSA) is 93.5 Å². The minimum absolute atomic E-state index is 0.000737. The molecule has 1 aromatic carbocycles. The van der Waals surface area contributed by atoms with E-state index in [4.69, 9.17) is 4.74 Å². The lowest BCUT2D eigenvalue weighted by Crippen LogP contribution is -2.39. The first kappa shape index (κ1) is 26.2.